The van der Waals surface area contributed by atoms with Gasteiger partial charge in [0.05, 0.1) is 6.33 Å². The van der Waals surface area contributed by atoms with Crippen molar-refractivity contribution >= 4 is 23.1 Å². The Morgan fingerprint density at radius 1 is 1.21 bits per heavy atom. The van der Waals surface area contributed by atoms with E-state index in [1.165, 1.54) is 17.2 Å². The van der Waals surface area contributed by atoms with Gasteiger partial charge in [-0.3, -0.25) is 4.57 Å². The number of anilines is 1. The van der Waals surface area contributed by atoms with Gasteiger partial charge in [0.1, 0.15) is 36.8 Å². The second-order valence-corrected chi connectivity index (χ2v) is 6.57. The second-order valence-electron chi connectivity index (χ2n) is 6.57. The molecule has 0 saturated carbocycles. The number of carbonyl (C=O) groups excluding carboxylic acids is 1. The van der Waals surface area contributed by atoms with Gasteiger partial charge in [-0.05, 0) is 5.56 Å². The van der Waals surface area contributed by atoms with E-state index < -0.39 is 30.6 Å². The molecule has 3 heterocycles. The molecule has 11 nitrogen and oxygen atoms in total. The SMILES string of the molecule is Nc1ncnc2c1ncn2[C@@H]1O[C@H](COC(=O)NCc2ccccc2)[C@@H](O)[C@H]1O. The number of benzene rings is 1. The van der Waals surface area contributed by atoms with Crippen molar-refractivity contribution in [3.8, 4) is 0 Å². The molecule has 1 aliphatic rings. The monoisotopic (exact) mass is 400 g/mol. The number of alkyl carbamates (subject to hydrolysis) is 1. The van der Waals surface area contributed by atoms with Crippen LogP contribution in [0.4, 0.5) is 10.6 Å². The third kappa shape index (κ3) is 3.83. The predicted octanol–water partition coefficient (Wildman–Crippen LogP) is -0.0459. The third-order valence-electron chi connectivity index (χ3n) is 4.66. The van der Waals surface area contributed by atoms with Crippen LogP contribution in [0.2, 0.25) is 0 Å². The Morgan fingerprint density at radius 2 is 2.00 bits per heavy atom. The lowest BCUT2D eigenvalue weighted by molar-refractivity contribution is -0.0533. The zero-order chi connectivity index (χ0) is 20.4. The van der Waals surface area contributed by atoms with Crippen LogP contribution in [0.1, 0.15) is 11.8 Å². The fourth-order valence-electron chi connectivity index (χ4n) is 3.13. The molecule has 0 radical (unpaired) electrons. The molecule has 152 valence electrons. The summed E-state index contributed by atoms with van der Waals surface area (Å²) in [5, 5.41) is 23.3. The van der Waals surface area contributed by atoms with Crippen molar-refractivity contribution in [1.29, 1.82) is 0 Å². The van der Waals surface area contributed by atoms with E-state index in [4.69, 9.17) is 15.2 Å². The highest BCUT2D eigenvalue weighted by atomic mass is 16.6. The van der Waals surface area contributed by atoms with Crippen LogP contribution in [0.25, 0.3) is 11.2 Å². The normalized spacial score (nSPS) is 23.9. The number of ether oxygens (including phenoxy) is 2. The molecule has 1 amide bonds. The number of aromatic nitrogens is 4. The minimum absolute atomic E-state index is 0.191. The molecule has 1 aromatic carbocycles. The van der Waals surface area contributed by atoms with E-state index in [2.05, 4.69) is 20.3 Å². The maximum absolute atomic E-state index is 11.9. The van der Waals surface area contributed by atoms with Gasteiger partial charge in [-0.2, -0.15) is 0 Å². The number of nitrogens with zero attached hydrogens (tertiary/aromatic N) is 4. The lowest BCUT2D eigenvalue weighted by Crippen LogP contribution is -2.35. The third-order valence-corrected chi connectivity index (χ3v) is 4.66. The average molecular weight is 400 g/mol. The zero-order valence-electron chi connectivity index (χ0n) is 15.3. The number of fused-ring (bicyclic) bond motifs is 1. The predicted molar refractivity (Wildman–Crippen MR) is 100 cm³/mol. The van der Waals surface area contributed by atoms with Crippen LogP contribution < -0.4 is 11.1 Å². The highest BCUT2D eigenvalue weighted by Gasteiger charge is 2.45. The first kappa shape index (κ1) is 19.1. The number of aliphatic hydroxyl groups excluding tert-OH is 2. The topological polar surface area (TPSA) is 158 Å². The number of rotatable bonds is 5. The number of carbonyl (C=O) groups is 1. The van der Waals surface area contributed by atoms with Crippen molar-refractivity contribution in [2.75, 3.05) is 12.3 Å². The number of nitrogens with two attached hydrogens (primary N) is 1. The first-order valence-electron chi connectivity index (χ1n) is 8.93. The van der Waals surface area contributed by atoms with Gasteiger partial charge in [0.2, 0.25) is 0 Å². The van der Waals surface area contributed by atoms with E-state index >= 15 is 0 Å². The van der Waals surface area contributed by atoms with E-state index in [1.54, 1.807) is 0 Å². The average Bonchev–Trinajstić information content (AvgIpc) is 3.28. The van der Waals surface area contributed by atoms with Crippen molar-refractivity contribution in [3.05, 3.63) is 48.5 Å². The Labute approximate surface area is 165 Å². The van der Waals surface area contributed by atoms with Crippen LogP contribution in [0, 0.1) is 0 Å². The van der Waals surface area contributed by atoms with Gasteiger partial charge < -0.3 is 30.7 Å². The zero-order valence-corrected chi connectivity index (χ0v) is 15.3. The lowest BCUT2D eigenvalue weighted by atomic mass is 10.1. The van der Waals surface area contributed by atoms with Gasteiger partial charge >= 0.3 is 6.09 Å². The fourth-order valence-corrected chi connectivity index (χ4v) is 3.13. The van der Waals surface area contributed by atoms with Crippen molar-refractivity contribution in [2.45, 2.75) is 31.1 Å². The Kier molecular flexibility index (Phi) is 5.25. The second kappa shape index (κ2) is 7.99. The van der Waals surface area contributed by atoms with E-state index in [-0.39, 0.29) is 12.4 Å². The van der Waals surface area contributed by atoms with Crippen molar-refractivity contribution < 1.29 is 24.5 Å². The molecule has 29 heavy (non-hydrogen) atoms. The summed E-state index contributed by atoms with van der Waals surface area (Å²) in [7, 11) is 0. The Hall–Kier alpha value is -3.28. The molecule has 4 atom stereocenters. The van der Waals surface area contributed by atoms with Gasteiger partial charge in [-0.15, -0.1) is 0 Å². The van der Waals surface area contributed by atoms with Crippen LogP contribution >= 0.6 is 0 Å². The van der Waals surface area contributed by atoms with Crippen LogP contribution in [-0.2, 0) is 16.0 Å². The first-order chi connectivity index (χ1) is 14.0. The maximum atomic E-state index is 11.9. The summed E-state index contributed by atoms with van der Waals surface area (Å²) in [6.45, 7) is 0.0697. The largest absolute Gasteiger partial charge is 0.447 e. The number of imidazole rings is 1. The molecule has 0 unspecified atom stereocenters. The van der Waals surface area contributed by atoms with Crippen molar-refractivity contribution in [2.24, 2.45) is 0 Å². The maximum Gasteiger partial charge on any atom is 0.407 e. The van der Waals surface area contributed by atoms with Gasteiger partial charge in [0, 0.05) is 6.54 Å². The van der Waals surface area contributed by atoms with E-state index in [9.17, 15) is 15.0 Å². The molecule has 0 bridgehead atoms. The molecule has 2 aromatic heterocycles. The molecule has 11 heteroatoms. The number of hydrogen-bond donors (Lipinski definition) is 4. The quantitative estimate of drug-likeness (QED) is 0.461. The molecule has 3 aromatic rings. The van der Waals surface area contributed by atoms with Crippen LogP contribution in [0.3, 0.4) is 0 Å². The number of nitrogens with one attached hydrogen (secondary N) is 1. The molecule has 0 spiro atoms. The minimum Gasteiger partial charge on any atom is -0.447 e. The number of aliphatic hydroxyl groups is 2. The summed E-state index contributed by atoms with van der Waals surface area (Å²) >= 11 is 0. The Morgan fingerprint density at radius 3 is 2.79 bits per heavy atom. The minimum atomic E-state index is -1.27. The molecule has 0 aliphatic carbocycles. The van der Waals surface area contributed by atoms with E-state index in [1.807, 2.05) is 30.3 Å². The summed E-state index contributed by atoms with van der Waals surface area (Å²) < 4.78 is 12.3. The summed E-state index contributed by atoms with van der Waals surface area (Å²) in [4.78, 5) is 24.0. The highest BCUT2D eigenvalue weighted by Crippen LogP contribution is 2.32. The number of amides is 1. The van der Waals surface area contributed by atoms with Crippen LogP contribution in [0.15, 0.2) is 43.0 Å². The first-order valence-corrected chi connectivity index (χ1v) is 8.93. The number of nitrogen functional groups attached to an aromatic ring is 1. The van der Waals surface area contributed by atoms with E-state index in [0.717, 1.165) is 5.56 Å². The smallest absolute Gasteiger partial charge is 0.407 e. The van der Waals surface area contributed by atoms with Crippen LogP contribution in [0.5, 0.6) is 0 Å². The van der Waals surface area contributed by atoms with Gasteiger partial charge in [-0.25, -0.2) is 19.7 Å². The summed E-state index contributed by atoms with van der Waals surface area (Å²) in [5.41, 5.74) is 7.40. The molecule has 1 fully saturated rings. The fraction of sp³-hybridized carbons (Fsp3) is 0.333. The summed E-state index contributed by atoms with van der Waals surface area (Å²) in [6, 6.07) is 9.36. The van der Waals surface area contributed by atoms with E-state index in [0.29, 0.717) is 17.7 Å². The highest BCUT2D eigenvalue weighted by molar-refractivity contribution is 5.81. The van der Waals surface area contributed by atoms with Gasteiger partial charge in [0.25, 0.3) is 0 Å². The standard InChI is InChI=1S/C18H20N6O5/c19-15-12-16(22-8-21-15)24(9-23-12)17-14(26)13(25)11(29-17)7-28-18(27)20-6-10-4-2-1-3-5-10/h1-5,8-9,11,13-14,17,25-26H,6-7H2,(H,20,27)(H2,19,21,22)/t11-,13-,14-,17-/m1/s1. The molecule has 4 rings (SSSR count). The molecular weight excluding hydrogens is 380 g/mol. The Bertz CT molecular complexity index is 997. The molecule has 1 saturated heterocycles. The van der Waals surface area contributed by atoms with Crippen molar-refractivity contribution in [1.82, 2.24) is 24.8 Å². The summed E-state index contributed by atoms with van der Waals surface area (Å²) in [5.74, 6) is 0.191. The summed E-state index contributed by atoms with van der Waals surface area (Å²) in [6.07, 6.45) is -2.42. The van der Waals surface area contributed by atoms with Crippen molar-refractivity contribution in [3.63, 3.8) is 0 Å². The Balaban J connectivity index is 1.37. The molecular formula is C18H20N6O5. The van der Waals surface area contributed by atoms with Crippen LogP contribution in [-0.4, -0.2) is 60.7 Å². The molecule has 1 aliphatic heterocycles. The number of hydrogen-bond acceptors (Lipinski definition) is 9. The van der Waals surface area contributed by atoms with Gasteiger partial charge in [-0.1, -0.05) is 30.3 Å². The molecule has 5 N–H and O–H groups in total. The lowest BCUT2D eigenvalue weighted by Gasteiger charge is -2.16. The van der Waals surface area contributed by atoms with Gasteiger partial charge in [0.15, 0.2) is 17.7 Å².